The lowest BCUT2D eigenvalue weighted by molar-refractivity contribution is -0.182. The molecule has 1 aromatic heterocycles. The lowest BCUT2D eigenvalue weighted by atomic mass is 9.98. The van der Waals surface area contributed by atoms with Crippen molar-refractivity contribution in [3.63, 3.8) is 0 Å². The van der Waals surface area contributed by atoms with Gasteiger partial charge < -0.3 is 0 Å². The van der Waals surface area contributed by atoms with Crippen molar-refractivity contribution in [1.29, 1.82) is 5.26 Å². The fourth-order valence-corrected chi connectivity index (χ4v) is 3.81. The van der Waals surface area contributed by atoms with E-state index in [9.17, 15) is 21.6 Å². The Morgan fingerprint density at radius 1 is 1.33 bits per heavy atom. The second kappa shape index (κ2) is 5.61. The Balaban J connectivity index is 2.22. The van der Waals surface area contributed by atoms with Gasteiger partial charge in [0.25, 0.3) is 0 Å². The van der Waals surface area contributed by atoms with Gasteiger partial charge in [0.2, 0.25) is 10.0 Å². The monoisotopic (exact) mass is 319 g/mol. The number of hydrogen-bond acceptors (Lipinski definition) is 4. The lowest BCUT2D eigenvalue weighted by Gasteiger charge is -2.32. The smallest absolute Gasteiger partial charge is 0.244 e. The van der Waals surface area contributed by atoms with E-state index in [0.29, 0.717) is 0 Å². The number of nitrogens with zero attached hydrogens (tertiary/aromatic N) is 3. The number of piperidine rings is 1. The molecule has 2 heterocycles. The van der Waals surface area contributed by atoms with Crippen molar-refractivity contribution in [1.82, 2.24) is 9.29 Å². The van der Waals surface area contributed by atoms with Crippen LogP contribution in [0.2, 0.25) is 0 Å². The van der Waals surface area contributed by atoms with E-state index in [2.05, 4.69) is 4.98 Å². The maximum Gasteiger partial charge on any atom is 0.391 e. The van der Waals surface area contributed by atoms with Crippen LogP contribution < -0.4 is 0 Å². The standard InChI is InChI=1S/C12H12F3N3O2S/c13-12(14,15)9-3-6-18(7-4-9)21(19,20)11-2-1-5-17-10(11)8-16/h1-2,5,9H,3-4,6-7H2. The first-order valence-electron chi connectivity index (χ1n) is 6.19. The third-order valence-electron chi connectivity index (χ3n) is 3.41. The summed E-state index contributed by atoms with van der Waals surface area (Å²) in [5, 5.41) is 8.88. The number of alkyl halides is 3. The minimum Gasteiger partial charge on any atom is -0.244 e. The molecule has 1 aromatic rings. The number of aromatic nitrogens is 1. The van der Waals surface area contributed by atoms with E-state index in [1.54, 1.807) is 6.07 Å². The van der Waals surface area contributed by atoms with Gasteiger partial charge in [0, 0.05) is 19.3 Å². The molecule has 1 saturated heterocycles. The molecule has 1 fully saturated rings. The van der Waals surface area contributed by atoms with Gasteiger partial charge in [-0.05, 0) is 25.0 Å². The SMILES string of the molecule is N#Cc1ncccc1S(=O)(=O)N1CCC(C(F)(F)F)CC1. The van der Waals surface area contributed by atoms with Crippen LogP contribution in [0.1, 0.15) is 18.5 Å². The molecule has 0 amide bonds. The van der Waals surface area contributed by atoms with Crippen molar-refractivity contribution < 1.29 is 21.6 Å². The van der Waals surface area contributed by atoms with E-state index in [0.717, 1.165) is 4.31 Å². The highest BCUT2D eigenvalue weighted by molar-refractivity contribution is 7.89. The molecule has 1 aliphatic heterocycles. The van der Waals surface area contributed by atoms with Gasteiger partial charge in [-0.2, -0.15) is 22.7 Å². The van der Waals surface area contributed by atoms with Gasteiger partial charge >= 0.3 is 6.18 Å². The van der Waals surface area contributed by atoms with Gasteiger partial charge in [-0.3, -0.25) is 0 Å². The zero-order chi connectivity index (χ0) is 15.7. The summed E-state index contributed by atoms with van der Waals surface area (Å²) in [5.41, 5.74) is -0.254. The number of hydrogen-bond donors (Lipinski definition) is 0. The fraction of sp³-hybridized carbons (Fsp3) is 0.500. The quantitative estimate of drug-likeness (QED) is 0.834. The van der Waals surface area contributed by atoms with Crippen molar-refractivity contribution in [3.8, 4) is 6.07 Å². The Morgan fingerprint density at radius 2 is 1.95 bits per heavy atom. The van der Waals surface area contributed by atoms with Gasteiger partial charge in [-0.25, -0.2) is 13.4 Å². The zero-order valence-corrected chi connectivity index (χ0v) is 11.7. The van der Waals surface area contributed by atoms with Crippen LogP contribution in [0.25, 0.3) is 0 Å². The summed E-state index contributed by atoms with van der Waals surface area (Å²) >= 11 is 0. The van der Waals surface area contributed by atoms with Crippen molar-refractivity contribution in [2.24, 2.45) is 5.92 Å². The molecule has 0 aliphatic carbocycles. The van der Waals surface area contributed by atoms with Gasteiger partial charge in [-0.15, -0.1) is 0 Å². The zero-order valence-electron chi connectivity index (χ0n) is 10.8. The summed E-state index contributed by atoms with van der Waals surface area (Å²) in [7, 11) is -3.99. The molecular formula is C12H12F3N3O2S. The molecular weight excluding hydrogens is 307 g/mol. The van der Waals surface area contributed by atoms with Crippen LogP contribution in [0, 0.1) is 17.2 Å². The minimum atomic E-state index is -4.30. The minimum absolute atomic E-state index is 0.216. The van der Waals surface area contributed by atoms with Gasteiger partial charge in [0.05, 0.1) is 5.92 Å². The number of sulfonamides is 1. The summed E-state index contributed by atoms with van der Waals surface area (Å²) in [5.74, 6) is -1.48. The van der Waals surface area contributed by atoms with Crippen LogP contribution in [0.5, 0.6) is 0 Å². The van der Waals surface area contributed by atoms with Crippen molar-refractivity contribution >= 4 is 10.0 Å². The summed E-state index contributed by atoms with van der Waals surface area (Å²) < 4.78 is 63.5. The van der Waals surface area contributed by atoms with Crippen molar-refractivity contribution in [3.05, 3.63) is 24.0 Å². The Morgan fingerprint density at radius 3 is 2.48 bits per heavy atom. The first kappa shape index (κ1) is 15.7. The van der Waals surface area contributed by atoms with E-state index in [4.69, 9.17) is 5.26 Å². The fourth-order valence-electron chi connectivity index (χ4n) is 2.25. The Kier molecular flexibility index (Phi) is 4.20. The third kappa shape index (κ3) is 3.16. The van der Waals surface area contributed by atoms with Crippen molar-refractivity contribution in [2.45, 2.75) is 23.9 Å². The second-order valence-electron chi connectivity index (χ2n) is 4.68. The van der Waals surface area contributed by atoms with Crippen molar-refractivity contribution in [2.75, 3.05) is 13.1 Å². The summed E-state index contributed by atoms with van der Waals surface area (Å²) in [4.78, 5) is 3.40. The first-order chi connectivity index (χ1) is 9.76. The molecule has 0 radical (unpaired) electrons. The predicted molar refractivity (Wildman–Crippen MR) is 66.5 cm³/mol. The molecule has 1 aliphatic rings. The maximum absolute atomic E-state index is 12.6. The maximum atomic E-state index is 12.6. The topological polar surface area (TPSA) is 74.1 Å². The molecule has 0 saturated carbocycles. The Labute approximate surface area is 120 Å². The van der Waals surface area contributed by atoms with Gasteiger partial charge in [0.1, 0.15) is 11.0 Å². The van der Waals surface area contributed by atoms with Crippen LogP contribution in [0.4, 0.5) is 13.2 Å². The van der Waals surface area contributed by atoms with E-state index in [-0.39, 0.29) is 36.5 Å². The first-order valence-corrected chi connectivity index (χ1v) is 7.63. The van der Waals surface area contributed by atoms with E-state index in [1.807, 2.05) is 0 Å². The van der Waals surface area contributed by atoms with Crippen LogP contribution in [0.15, 0.2) is 23.2 Å². The van der Waals surface area contributed by atoms with Crippen LogP contribution in [-0.2, 0) is 10.0 Å². The summed E-state index contributed by atoms with van der Waals surface area (Å²) in [6.07, 6.45) is -3.56. The molecule has 0 unspecified atom stereocenters. The molecule has 114 valence electrons. The van der Waals surface area contributed by atoms with Crippen LogP contribution in [-0.4, -0.2) is 37.0 Å². The normalized spacial score (nSPS) is 18.4. The molecule has 2 rings (SSSR count). The van der Waals surface area contributed by atoms with E-state index >= 15 is 0 Å². The molecule has 9 heteroatoms. The largest absolute Gasteiger partial charge is 0.391 e. The highest BCUT2D eigenvalue weighted by Gasteiger charge is 2.43. The molecule has 21 heavy (non-hydrogen) atoms. The highest BCUT2D eigenvalue weighted by atomic mass is 32.2. The summed E-state index contributed by atoms with van der Waals surface area (Å²) in [6, 6.07) is 4.28. The molecule has 0 atom stereocenters. The molecule has 5 nitrogen and oxygen atoms in total. The number of rotatable bonds is 2. The number of halogens is 3. The molecule has 0 aromatic carbocycles. The average molecular weight is 319 g/mol. The molecule has 0 spiro atoms. The predicted octanol–water partition coefficient (Wildman–Crippen LogP) is 1.92. The molecule has 0 bridgehead atoms. The Bertz CT molecular complexity index is 659. The van der Waals surface area contributed by atoms with E-state index in [1.165, 1.54) is 18.3 Å². The van der Waals surface area contributed by atoms with Crippen LogP contribution in [0.3, 0.4) is 0 Å². The highest BCUT2D eigenvalue weighted by Crippen LogP contribution is 2.35. The second-order valence-corrected chi connectivity index (χ2v) is 6.59. The number of nitriles is 1. The molecule has 0 N–H and O–H groups in total. The summed E-state index contributed by atoms with van der Waals surface area (Å²) in [6.45, 7) is -0.432. The number of pyridine rings is 1. The Hall–Kier alpha value is -1.66. The van der Waals surface area contributed by atoms with Gasteiger partial charge in [0.15, 0.2) is 5.69 Å². The third-order valence-corrected chi connectivity index (χ3v) is 5.34. The van der Waals surface area contributed by atoms with Gasteiger partial charge in [-0.1, -0.05) is 0 Å². The lowest BCUT2D eigenvalue weighted by Crippen LogP contribution is -2.42. The van der Waals surface area contributed by atoms with E-state index < -0.39 is 22.1 Å². The van der Waals surface area contributed by atoms with Crippen LogP contribution >= 0.6 is 0 Å². The average Bonchev–Trinajstić information content (AvgIpc) is 2.46.